The van der Waals surface area contributed by atoms with E-state index in [1.807, 2.05) is 36.4 Å². The molecule has 0 aliphatic carbocycles. The molecular weight excluding hydrogens is 362 g/mol. The molecule has 3 rings (SSSR count). The van der Waals surface area contributed by atoms with E-state index in [4.69, 9.17) is 29.3 Å². The summed E-state index contributed by atoms with van der Waals surface area (Å²) < 4.78 is 12.7. The number of hydrogen-bond acceptors (Lipinski definition) is 5. The normalized spacial score (nSPS) is 18.8. The lowest BCUT2D eigenvalue weighted by Gasteiger charge is -2.31. The van der Waals surface area contributed by atoms with Gasteiger partial charge in [-0.3, -0.25) is 0 Å². The predicted molar refractivity (Wildman–Crippen MR) is 103 cm³/mol. The van der Waals surface area contributed by atoms with Gasteiger partial charge in [0.1, 0.15) is 6.10 Å². The van der Waals surface area contributed by atoms with Gasteiger partial charge in [-0.05, 0) is 21.0 Å². The zero-order valence-corrected chi connectivity index (χ0v) is 16.1. The van der Waals surface area contributed by atoms with Crippen molar-refractivity contribution in [2.75, 3.05) is 20.7 Å². The zero-order valence-electron chi connectivity index (χ0n) is 16.1. The molecule has 2 N–H and O–H groups in total. The van der Waals surface area contributed by atoms with E-state index in [0.717, 1.165) is 11.1 Å². The van der Waals surface area contributed by atoms with Crippen LogP contribution < -0.4 is 0 Å². The van der Waals surface area contributed by atoms with Gasteiger partial charge < -0.3 is 24.6 Å². The van der Waals surface area contributed by atoms with E-state index in [1.54, 1.807) is 0 Å². The smallest absolute Gasteiger partial charge is 0.414 e. The van der Waals surface area contributed by atoms with Crippen molar-refractivity contribution in [2.45, 2.75) is 24.9 Å². The van der Waals surface area contributed by atoms with Crippen LogP contribution in [0, 0.1) is 0 Å². The number of likely N-dealkylation sites (N-methyl/N-ethyl adjacent to an activating group) is 1. The first-order valence-corrected chi connectivity index (χ1v) is 8.83. The molecule has 0 saturated carbocycles. The summed E-state index contributed by atoms with van der Waals surface area (Å²) in [6.07, 6.45) is 0.0374. The van der Waals surface area contributed by atoms with Gasteiger partial charge in [0.15, 0.2) is 0 Å². The zero-order chi connectivity index (χ0) is 20.7. The van der Waals surface area contributed by atoms with Crippen molar-refractivity contribution in [3.8, 4) is 0 Å². The minimum Gasteiger partial charge on any atom is -0.473 e. The summed E-state index contributed by atoms with van der Waals surface area (Å²) in [5.74, 6) is -4.46. The molecule has 150 valence electrons. The first-order valence-electron chi connectivity index (χ1n) is 8.83. The predicted octanol–water partition coefficient (Wildman–Crippen LogP) is 2.41. The first kappa shape index (κ1) is 21.6. The molecule has 1 unspecified atom stereocenters. The van der Waals surface area contributed by atoms with Crippen LogP contribution in [0.1, 0.15) is 18.1 Å². The molecule has 1 aliphatic rings. The van der Waals surface area contributed by atoms with Crippen molar-refractivity contribution in [3.63, 3.8) is 0 Å². The van der Waals surface area contributed by atoms with Crippen LogP contribution in [0.4, 0.5) is 0 Å². The van der Waals surface area contributed by atoms with Crippen LogP contribution in [-0.2, 0) is 24.8 Å². The molecule has 0 spiro atoms. The maximum Gasteiger partial charge on any atom is 0.414 e. The number of aliphatic carboxylic acids is 2. The van der Waals surface area contributed by atoms with E-state index in [2.05, 4.69) is 50.2 Å². The van der Waals surface area contributed by atoms with Gasteiger partial charge in [-0.25, -0.2) is 9.59 Å². The number of benzene rings is 2. The van der Waals surface area contributed by atoms with Gasteiger partial charge in [0.2, 0.25) is 5.79 Å². The molecule has 7 heteroatoms. The fourth-order valence-corrected chi connectivity index (χ4v) is 2.84. The van der Waals surface area contributed by atoms with Crippen molar-refractivity contribution in [2.24, 2.45) is 0 Å². The second-order valence-electron chi connectivity index (χ2n) is 6.63. The van der Waals surface area contributed by atoms with E-state index >= 15 is 0 Å². The number of carboxylic acids is 2. The highest BCUT2D eigenvalue weighted by atomic mass is 16.7. The Bertz CT molecular complexity index is 726. The third-order valence-electron chi connectivity index (χ3n) is 4.61. The standard InChI is InChI=1S/C19H23NO2.C2H2O4/c1-15(20(2)3)18-14-21-19(22-18,16-10-6-4-7-11-16)17-12-8-5-9-13-17;3-1(4)2(5)6/h4-13,15,18H,14H2,1-3H3;(H,3,4)(H,5,6)/t15-,18?;/m0./s1. The molecule has 7 nitrogen and oxygen atoms in total. The van der Waals surface area contributed by atoms with Crippen LogP contribution >= 0.6 is 0 Å². The largest absolute Gasteiger partial charge is 0.473 e. The van der Waals surface area contributed by atoms with Gasteiger partial charge in [0, 0.05) is 17.2 Å². The molecule has 1 fully saturated rings. The Labute approximate surface area is 164 Å². The van der Waals surface area contributed by atoms with Crippen LogP contribution in [0.25, 0.3) is 0 Å². The Hall–Kier alpha value is -2.74. The van der Waals surface area contributed by atoms with Gasteiger partial charge >= 0.3 is 11.9 Å². The van der Waals surface area contributed by atoms with Crippen molar-refractivity contribution in [3.05, 3.63) is 71.8 Å². The number of hydrogen-bond donors (Lipinski definition) is 2. The fraction of sp³-hybridized carbons (Fsp3) is 0.333. The van der Waals surface area contributed by atoms with Gasteiger partial charge in [0.25, 0.3) is 0 Å². The lowest BCUT2D eigenvalue weighted by atomic mass is 9.97. The summed E-state index contributed by atoms with van der Waals surface area (Å²) in [5, 5.41) is 14.8. The first-order chi connectivity index (χ1) is 13.3. The van der Waals surface area contributed by atoms with Crippen molar-refractivity contribution >= 4 is 11.9 Å². The molecule has 0 aromatic heterocycles. The second kappa shape index (κ2) is 9.45. The maximum atomic E-state index is 9.10. The summed E-state index contributed by atoms with van der Waals surface area (Å²) in [4.78, 5) is 20.4. The van der Waals surface area contributed by atoms with Crippen LogP contribution in [0.5, 0.6) is 0 Å². The Morgan fingerprint density at radius 3 is 1.75 bits per heavy atom. The number of ether oxygens (including phenoxy) is 2. The molecule has 1 aliphatic heterocycles. The summed E-state index contributed by atoms with van der Waals surface area (Å²) in [5.41, 5.74) is 2.07. The van der Waals surface area contributed by atoms with Crippen LogP contribution in [0.2, 0.25) is 0 Å². The van der Waals surface area contributed by atoms with E-state index in [9.17, 15) is 0 Å². The van der Waals surface area contributed by atoms with E-state index in [0.29, 0.717) is 6.61 Å². The highest BCUT2D eigenvalue weighted by molar-refractivity contribution is 6.27. The van der Waals surface area contributed by atoms with Crippen LogP contribution in [0.3, 0.4) is 0 Å². The average molecular weight is 387 g/mol. The molecule has 28 heavy (non-hydrogen) atoms. The molecule has 1 heterocycles. The Morgan fingerprint density at radius 2 is 1.39 bits per heavy atom. The lowest BCUT2D eigenvalue weighted by Crippen LogP contribution is -2.39. The number of carbonyl (C=O) groups is 2. The summed E-state index contributed by atoms with van der Waals surface area (Å²) >= 11 is 0. The van der Waals surface area contributed by atoms with Crippen molar-refractivity contribution < 1.29 is 29.3 Å². The molecule has 2 aromatic carbocycles. The minimum atomic E-state index is -1.82. The number of carboxylic acid groups (broad SMARTS) is 2. The summed E-state index contributed by atoms with van der Waals surface area (Å²) in [6, 6.07) is 20.7. The van der Waals surface area contributed by atoms with Crippen molar-refractivity contribution in [1.29, 1.82) is 0 Å². The van der Waals surface area contributed by atoms with Crippen LogP contribution in [-0.4, -0.2) is 59.9 Å². The monoisotopic (exact) mass is 387 g/mol. The Balaban J connectivity index is 0.000000409. The lowest BCUT2D eigenvalue weighted by molar-refractivity contribution is -0.159. The average Bonchev–Trinajstić information content (AvgIpc) is 3.15. The van der Waals surface area contributed by atoms with Gasteiger partial charge in [-0.1, -0.05) is 60.7 Å². The highest BCUT2D eigenvalue weighted by Crippen LogP contribution is 2.41. The second-order valence-corrected chi connectivity index (χ2v) is 6.63. The van der Waals surface area contributed by atoms with Gasteiger partial charge in [-0.15, -0.1) is 0 Å². The molecule has 0 bridgehead atoms. The van der Waals surface area contributed by atoms with E-state index in [1.165, 1.54) is 0 Å². The topological polar surface area (TPSA) is 96.3 Å². The number of nitrogens with zero attached hydrogens (tertiary/aromatic N) is 1. The van der Waals surface area contributed by atoms with Gasteiger partial charge in [0.05, 0.1) is 6.61 Å². The third-order valence-corrected chi connectivity index (χ3v) is 4.61. The number of rotatable bonds is 4. The minimum absolute atomic E-state index is 0.0374. The molecule has 2 aromatic rings. The molecule has 0 amide bonds. The van der Waals surface area contributed by atoms with E-state index in [-0.39, 0.29) is 12.1 Å². The molecular formula is C21H25NO6. The SMILES string of the molecule is C[C@@H](C1COC(c2ccccc2)(c2ccccc2)O1)N(C)C.O=C(O)C(=O)O. The summed E-state index contributed by atoms with van der Waals surface area (Å²) in [6.45, 7) is 2.75. The third kappa shape index (κ3) is 4.95. The van der Waals surface area contributed by atoms with E-state index < -0.39 is 17.7 Å². The van der Waals surface area contributed by atoms with Crippen molar-refractivity contribution in [1.82, 2.24) is 4.90 Å². The molecule has 2 atom stereocenters. The Kier molecular flexibility index (Phi) is 7.28. The molecule has 1 saturated heterocycles. The molecule has 0 radical (unpaired) electrons. The summed E-state index contributed by atoms with van der Waals surface area (Å²) in [7, 11) is 4.14. The van der Waals surface area contributed by atoms with Gasteiger partial charge in [-0.2, -0.15) is 0 Å². The van der Waals surface area contributed by atoms with Crippen LogP contribution in [0.15, 0.2) is 60.7 Å². The quantitative estimate of drug-likeness (QED) is 0.778. The highest BCUT2D eigenvalue weighted by Gasteiger charge is 2.46. The maximum absolute atomic E-state index is 9.10. The Morgan fingerprint density at radius 1 is 0.964 bits per heavy atom. The fourth-order valence-electron chi connectivity index (χ4n) is 2.84.